The molecule has 104 valence electrons. The van der Waals surface area contributed by atoms with Gasteiger partial charge in [-0.3, -0.25) is 4.79 Å². The average molecular weight is 264 g/mol. The SMILES string of the molecule is Cc1cc(N)ccc1OC(C)C(=O)N1CCOCC1. The molecule has 19 heavy (non-hydrogen) atoms. The summed E-state index contributed by atoms with van der Waals surface area (Å²) in [5.74, 6) is 0.697. The summed E-state index contributed by atoms with van der Waals surface area (Å²) in [6.45, 7) is 6.14. The third-order valence-electron chi connectivity index (χ3n) is 3.17. The lowest BCUT2D eigenvalue weighted by molar-refractivity contribution is -0.142. The molecule has 1 unspecified atom stereocenters. The van der Waals surface area contributed by atoms with Crippen LogP contribution in [0.3, 0.4) is 0 Å². The fourth-order valence-electron chi connectivity index (χ4n) is 2.09. The average Bonchev–Trinajstić information content (AvgIpc) is 2.42. The zero-order valence-corrected chi connectivity index (χ0v) is 11.4. The maximum atomic E-state index is 12.2. The number of hydrogen-bond donors (Lipinski definition) is 1. The van der Waals surface area contributed by atoms with Gasteiger partial charge in [0.2, 0.25) is 0 Å². The Bertz CT molecular complexity index is 456. The van der Waals surface area contributed by atoms with E-state index in [0.29, 0.717) is 37.7 Å². The molecule has 1 aliphatic heterocycles. The van der Waals surface area contributed by atoms with Crippen molar-refractivity contribution in [3.63, 3.8) is 0 Å². The van der Waals surface area contributed by atoms with Crippen molar-refractivity contribution in [2.45, 2.75) is 20.0 Å². The number of anilines is 1. The molecule has 0 aromatic heterocycles. The zero-order chi connectivity index (χ0) is 13.8. The molecule has 1 atom stereocenters. The first-order valence-corrected chi connectivity index (χ1v) is 6.47. The normalized spacial score (nSPS) is 17.1. The van der Waals surface area contributed by atoms with Gasteiger partial charge in [-0.15, -0.1) is 0 Å². The van der Waals surface area contributed by atoms with Gasteiger partial charge in [0.25, 0.3) is 5.91 Å². The van der Waals surface area contributed by atoms with Gasteiger partial charge in [-0.25, -0.2) is 0 Å². The minimum Gasteiger partial charge on any atom is -0.481 e. The molecule has 5 heteroatoms. The van der Waals surface area contributed by atoms with Crippen molar-refractivity contribution in [2.24, 2.45) is 0 Å². The first-order chi connectivity index (χ1) is 9.08. The van der Waals surface area contributed by atoms with Crippen molar-refractivity contribution in [3.8, 4) is 5.75 Å². The highest BCUT2D eigenvalue weighted by atomic mass is 16.5. The first-order valence-electron chi connectivity index (χ1n) is 6.47. The molecule has 0 aliphatic carbocycles. The molecule has 1 heterocycles. The van der Waals surface area contributed by atoms with Gasteiger partial charge in [0.15, 0.2) is 6.10 Å². The maximum absolute atomic E-state index is 12.2. The van der Waals surface area contributed by atoms with Gasteiger partial charge >= 0.3 is 0 Å². The van der Waals surface area contributed by atoms with Crippen molar-refractivity contribution in [2.75, 3.05) is 32.0 Å². The summed E-state index contributed by atoms with van der Waals surface area (Å²) in [4.78, 5) is 14.0. The van der Waals surface area contributed by atoms with E-state index in [2.05, 4.69) is 0 Å². The number of nitrogen functional groups attached to an aromatic ring is 1. The number of aryl methyl sites for hydroxylation is 1. The molecule has 2 rings (SSSR count). The van der Waals surface area contributed by atoms with E-state index in [9.17, 15) is 4.79 Å². The van der Waals surface area contributed by atoms with E-state index in [1.54, 1.807) is 24.0 Å². The number of carbonyl (C=O) groups is 1. The van der Waals surface area contributed by atoms with Gasteiger partial charge in [0.05, 0.1) is 13.2 Å². The summed E-state index contributed by atoms with van der Waals surface area (Å²) in [5, 5.41) is 0. The summed E-state index contributed by atoms with van der Waals surface area (Å²) in [6, 6.07) is 5.41. The van der Waals surface area contributed by atoms with Gasteiger partial charge in [-0.2, -0.15) is 0 Å². The number of ether oxygens (including phenoxy) is 2. The van der Waals surface area contributed by atoms with E-state index in [4.69, 9.17) is 15.2 Å². The van der Waals surface area contributed by atoms with Crippen LogP contribution in [-0.2, 0) is 9.53 Å². The molecule has 0 radical (unpaired) electrons. The van der Waals surface area contributed by atoms with Crippen molar-refractivity contribution >= 4 is 11.6 Å². The molecule has 0 saturated carbocycles. The predicted molar refractivity (Wildman–Crippen MR) is 73.1 cm³/mol. The van der Waals surface area contributed by atoms with Crippen molar-refractivity contribution < 1.29 is 14.3 Å². The molecule has 2 N–H and O–H groups in total. The Morgan fingerprint density at radius 1 is 1.42 bits per heavy atom. The molecular weight excluding hydrogens is 244 g/mol. The fourth-order valence-corrected chi connectivity index (χ4v) is 2.09. The van der Waals surface area contributed by atoms with E-state index in [1.165, 1.54) is 0 Å². The van der Waals surface area contributed by atoms with E-state index < -0.39 is 6.10 Å². The maximum Gasteiger partial charge on any atom is 0.263 e. The Balaban J connectivity index is 1.99. The Labute approximate surface area is 113 Å². The second-order valence-electron chi connectivity index (χ2n) is 4.72. The summed E-state index contributed by atoms with van der Waals surface area (Å²) in [6.07, 6.45) is -0.500. The second kappa shape index (κ2) is 5.93. The summed E-state index contributed by atoms with van der Waals surface area (Å²) < 4.78 is 11.0. The molecule has 1 aromatic carbocycles. The number of morpholine rings is 1. The molecule has 5 nitrogen and oxygen atoms in total. The van der Waals surface area contributed by atoms with Crippen molar-refractivity contribution in [3.05, 3.63) is 23.8 Å². The predicted octanol–water partition coefficient (Wildman–Crippen LogP) is 1.20. The Morgan fingerprint density at radius 3 is 2.74 bits per heavy atom. The van der Waals surface area contributed by atoms with Crippen molar-refractivity contribution in [1.29, 1.82) is 0 Å². The lowest BCUT2D eigenvalue weighted by Crippen LogP contribution is -2.46. The Morgan fingerprint density at radius 2 is 2.11 bits per heavy atom. The lowest BCUT2D eigenvalue weighted by atomic mass is 10.2. The number of nitrogens with zero attached hydrogens (tertiary/aromatic N) is 1. The van der Waals surface area contributed by atoms with Crippen LogP contribution in [0.4, 0.5) is 5.69 Å². The monoisotopic (exact) mass is 264 g/mol. The highest BCUT2D eigenvalue weighted by Gasteiger charge is 2.24. The third-order valence-corrected chi connectivity index (χ3v) is 3.17. The molecular formula is C14H20N2O3. The van der Waals surface area contributed by atoms with Crippen LogP contribution in [0, 0.1) is 6.92 Å². The summed E-state index contributed by atoms with van der Waals surface area (Å²) in [5.41, 5.74) is 7.31. The van der Waals surface area contributed by atoms with Gasteiger partial charge in [-0.1, -0.05) is 0 Å². The molecule has 1 saturated heterocycles. The molecule has 1 aliphatic rings. The number of nitrogens with two attached hydrogens (primary N) is 1. The van der Waals surface area contributed by atoms with Crippen LogP contribution in [0.5, 0.6) is 5.75 Å². The lowest BCUT2D eigenvalue weighted by Gasteiger charge is -2.29. The molecule has 1 aromatic rings. The summed E-state index contributed by atoms with van der Waals surface area (Å²) in [7, 11) is 0. The number of carbonyl (C=O) groups excluding carboxylic acids is 1. The Hall–Kier alpha value is -1.75. The smallest absolute Gasteiger partial charge is 0.263 e. The van der Waals surface area contributed by atoms with Crippen LogP contribution in [-0.4, -0.2) is 43.2 Å². The highest BCUT2D eigenvalue weighted by Crippen LogP contribution is 2.21. The molecule has 1 fully saturated rings. The van der Waals surface area contributed by atoms with E-state index in [-0.39, 0.29) is 5.91 Å². The minimum absolute atomic E-state index is 0.000440. The molecule has 1 amide bonds. The minimum atomic E-state index is -0.500. The van der Waals surface area contributed by atoms with Crippen molar-refractivity contribution in [1.82, 2.24) is 4.90 Å². The third kappa shape index (κ3) is 3.38. The Kier molecular flexibility index (Phi) is 4.27. The molecule has 0 bridgehead atoms. The number of amides is 1. The second-order valence-corrected chi connectivity index (χ2v) is 4.72. The van der Waals surface area contributed by atoms with Crippen LogP contribution >= 0.6 is 0 Å². The van der Waals surface area contributed by atoms with Crippen LogP contribution in [0.1, 0.15) is 12.5 Å². The van der Waals surface area contributed by atoms with E-state index in [1.807, 2.05) is 13.0 Å². The van der Waals surface area contributed by atoms with Crippen LogP contribution in [0.25, 0.3) is 0 Å². The van der Waals surface area contributed by atoms with Gasteiger partial charge in [0.1, 0.15) is 5.75 Å². The fraction of sp³-hybridized carbons (Fsp3) is 0.500. The number of hydrogen-bond acceptors (Lipinski definition) is 4. The van der Waals surface area contributed by atoms with E-state index in [0.717, 1.165) is 5.56 Å². The van der Waals surface area contributed by atoms with Gasteiger partial charge in [0, 0.05) is 18.8 Å². The standard InChI is InChI=1S/C14H20N2O3/c1-10-9-12(15)3-4-13(10)19-11(2)14(17)16-5-7-18-8-6-16/h3-4,9,11H,5-8,15H2,1-2H3. The number of benzene rings is 1. The van der Waals surface area contributed by atoms with Crippen LogP contribution in [0.2, 0.25) is 0 Å². The van der Waals surface area contributed by atoms with Crippen LogP contribution < -0.4 is 10.5 Å². The highest BCUT2D eigenvalue weighted by molar-refractivity contribution is 5.81. The quantitative estimate of drug-likeness (QED) is 0.833. The largest absolute Gasteiger partial charge is 0.481 e. The first kappa shape index (κ1) is 13.7. The van der Waals surface area contributed by atoms with Gasteiger partial charge < -0.3 is 20.1 Å². The van der Waals surface area contributed by atoms with Crippen LogP contribution in [0.15, 0.2) is 18.2 Å². The summed E-state index contributed by atoms with van der Waals surface area (Å²) >= 11 is 0. The molecule has 0 spiro atoms. The topological polar surface area (TPSA) is 64.8 Å². The number of rotatable bonds is 3. The van der Waals surface area contributed by atoms with E-state index >= 15 is 0 Å². The van der Waals surface area contributed by atoms with Gasteiger partial charge in [-0.05, 0) is 37.6 Å². The zero-order valence-electron chi connectivity index (χ0n) is 11.4.